The van der Waals surface area contributed by atoms with Crippen LogP contribution in [0.3, 0.4) is 0 Å². The number of likely N-dealkylation sites (tertiary alicyclic amines) is 1. The first kappa shape index (κ1) is 14.2. The smallest absolute Gasteiger partial charge is 0.317 e. The number of urea groups is 1. The maximum atomic E-state index is 12.1. The first-order chi connectivity index (χ1) is 9.20. The number of hydrogen-bond acceptors (Lipinski definition) is 3. The molecule has 2 rings (SSSR count). The fourth-order valence-electron chi connectivity index (χ4n) is 2.95. The van der Waals surface area contributed by atoms with Crippen LogP contribution < -0.4 is 5.32 Å². The molecule has 1 N–H and O–H groups in total. The van der Waals surface area contributed by atoms with Gasteiger partial charge in [-0.25, -0.2) is 4.79 Å². The third-order valence-corrected chi connectivity index (χ3v) is 4.01. The van der Waals surface area contributed by atoms with E-state index in [0.29, 0.717) is 19.2 Å². The number of amides is 2. The van der Waals surface area contributed by atoms with Crippen LogP contribution in [0.5, 0.6) is 0 Å². The van der Waals surface area contributed by atoms with Crippen molar-refractivity contribution >= 4 is 12.0 Å². The van der Waals surface area contributed by atoms with Crippen molar-refractivity contribution in [3.8, 4) is 0 Å². The van der Waals surface area contributed by atoms with Gasteiger partial charge in [-0.1, -0.05) is 12.8 Å². The lowest BCUT2D eigenvalue weighted by Crippen LogP contribution is -2.49. The average Bonchev–Trinajstić information content (AvgIpc) is 2.92. The van der Waals surface area contributed by atoms with E-state index < -0.39 is 0 Å². The molecule has 0 radical (unpaired) electrons. The Hall–Kier alpha value is -1.26. The van der Waals surface area contributed by atoms with Crippen LogP contribution in [0, 0.1) is 5.92 Å². The van der Waals surface area contributed by atoms with Gasteiger partial charge in [-0.2, -0.15) is 0 Å². The van der Waals surface area contributed by atoms with Crippen LogP contribution in [0.1, 0.15) is 45.4 Å². The quantitative estimate of drug-likeness (QED) is 0.795. The predicted molar refractivity (Wildman–Crippen MR) is 71.7 cm³/mol. The molecule has 0 aromatic rings. The number of rotatable bonds is 3. The van der Waals surface area contributed by atoms with Crippen molar-refractivity contribution in [3.05, 3.63) is 0 Å². The van der Waals surface area contributed by atoms with Gasteiger partial charge in [0.05, 0.1) is 12.5 Å². The lowest BCUT2D eigenvalue weighted by molar-refractivity contribution is -0.149. The maximum absolute atomic E-state index is 12.1. The average molecular weight is 268 g/mol. The minimum atomic E-state index is -0.166. The van der Waals surface area contributed by atoms with Gasteiger partial charge in [0.25, 0.3) is 0 Å². The summed E-state index contributed by atoms with van der Waals surface area (Å²) in [6.45, 7) is 3.46. The summed E-state index contributed by atoms with van der Waals surface area (Å²) >= 11 is 0. The summed E-state index contributed by atoms with van der Waals surface area (Å²) in [6.07, 6.45) is 6.28. The van der Waals surface area contributed by atoms with Crippen molar-refractivity contribution in [1.29, 1.82) is 0 Å². The number of nitrogens with one attached hydrogen (secondary N) is 1. The van der Waals surface area contributed by atoms with Gasteiger partial charge in [0.15, 0.2) is 0 Å². The van der Waals surface area contributed by atoms with Crippen LogP contribution in [0.15, 0.2) is 0 Å². The van der Waals surface area contributed by atoms with Crippen molar-refractivity contribution in [2.24, 2.45) is 5.92 Å². The number of piperidine rings is 1. The molecule has 1 saturated carbocycles. The lowest BCUT2D eigenvalue weighted by atomic mass is 9.98. The van der Waals surface area contributed by atoms with Crippen molar-refractivity contribution < 1.29 is 14.3 Å². The summed E-state index contributed by atoms with van der Waals surface area (Å²) < 4.78 is 5.05. The minimum absolute atomic E-state index is 0.0131. The zero-order chi connectivity index (χ0) is 13.7. The van der Waals surface area contributed by atoms with Crippen molar-refractivity contribution in [2.75, 3.05) is 19.7 Å². The zero-order valence-electron chi connectivity index (χ0n) is 11.7. The molecule has 1 aliphatic heterocycles. The third-order valence-electron chi connectivity index (χ3n) is 4.01. The third kappa shape index (κ3) is 3.85. The fraction of sp³-hybridized carbons (Fsp3) is 0.857. The largest absolute Gasteiger partial charge is 0.466 e. The molecule has 0 aromatic heterocycles. The molecule has 1 atom stereocenters. The highest BCUT2D eigenvalue weighted by atomic mass is 16.5. The topological polar surface area (TPSA) is 58.6 Å². The number of ether oxygens (including phenoxy) is 1. The molecule has 19 heavy (non-hydrogen) atoms. The molecule has 5 heteroatoms. The summed E-state index contributed by atoms with van der Waals surface area (Å²) in [6, 6.07) is 0.316. The van der Waals surface area contributed by atoms with E-state index in [1.165, 1.54) is 12.8 Å². The van der Waals surface area contributed by atoms with Crippen LogP contribution in [0.25, 0.3) is 0 Å². The second-order valence-corrected chi connectivity index (χ2v) is 5.47. The number of hydrogen-bond donors (Lipinski definition) is 1. The molecule has 0 spiro atoms. The Labute approximate surface area is 114 Å². The zero-order valence-corrected chi connectivity index (χ0v) is 11.7. The summed E-state index contributed by atoms with van der Waals surface area (Å²) in [7, 11) is 0. The molecular formula is C14H24N2O3. The molecule has 1 heterocycles. The Morgan fingerprint density at radius 2 is 1.95 bits per heavy atom. The summed E-state index contributed by atoms with van der Waals surface area (Å²) in [5, 5.41) is 3.07. The van der Waals surface area contributed by atoms with Gasteiger partial charge in [-0.15, -0.1) is 0 Å². The molecule has 5 nitrogen and oxygen atoms in total. The van der Waals surface area contributed by atoms with Crippen LogP contribution in [-0.2, 0) is 9.53 Å². The van der Waals surface area contributed by atoms with E-state index in [2.05, 4.69) is 5.32 Å². The highest BCUT2D eigenvalue weighted by Crippen LogP contribution is 2.20. The molecule has 1 saturated heterocycles. The summed E-state index contributed by atoms with van der Waals surface area (Å²) in [5.74, 6) is -0.316. The number of nitrogens with zero attached hydrogens (tertiary/aromatic N) is 1. The van der Waals surface area contributed by atoms with Gasteiger partial charge in [0, 0.05) is 19.1 Å². The fourth-order valence-corrected chi connectivity index (χ4v) is 2.95. The Kier molecular flexibility index (Phi) is 5.05. The molecule has 108 valence electrons. The predicted octanol–water partition coefficient (Wildman–Crippen LogP) is 1.91. The number of carbonyl (C=O) groups is 2. The Balaban J connectivity index is 1.82. The van der Waals surface area contributed by atoms with Crippen molar-refractivity contribution in [3.63, 3.8) is 0 Å². The molecule has 2 aliphatic rings. The van der Waals surface area contributed by atoms with E-state index in [0.717, 1.165) is 32.2 Å². The molecule has 0 aromatic carbocycles. The van der Waals surface area contributed by atoms with Gasteiger partial charge in [0.1, 0.15) is 0 Å². The highest BCUT2D eigenvalue weighted by molar-refractivity contribution is 5.77. The first-order valence-corrected chi connectivity index (χ1v) is 7.42. The van der Waals surface area contributed by atoms with E-state index in [1.54, 1.807) is 4.90 Å². The van der Waals surface area contributed by atoms with Gasteiger partial charge in [-0.3, -0.25) is 4.79 Å². The summed E-state index contributed by atoms with van der Waals surface area (Å²) in [5.41, 5.74) is 0. The van der Waals surface area contributed by atoms with Crippen LogP contribution in [-0.4, -0.2) is 42.6 Å². The van der Waals surface area contributed by atoms with Gasteiger partial charge < -0.3 is 15.0 Å². The summed E-state index contributed by atoms with van der Waals surface area (Å²) in [4.78, 5) is 25.6. The molecule has 0 unspecified atom stereocenters. The Morgan fingerprint density at radius 1 is 1.21 bits per heavy atom. The lowest BCUT2D eigenvalue weighted by Gasteiger charge is -2.32. The van der Waals surface area contributed by atoms with Gasteiger partial charge in [-0.05, 0) is 32.6 Å². The molecular weight excluding hydrogens is 244 g/mol. The van der Waals surface area contributed by atoms with Gasteiger partial charge >= 0.3 is 12.0 Å². The normalized spacial score (nSPS) is 24.3. The Bertz CT molecular complexity index is 327. The van der Waals surface area contributed by atoms with E-state index in [9.17, 15) is 9.59 Å². The highest BCUT2D eigenvalue weighted by Gasteiger charge is 2.30. The second kappa shape index (κ2) is 6.78. The molecule has 2 amide bonds. The van der Waals surface area contributed by atoms with Crippen LogP contribution in [0.4, 0.5) is 4.79 Å². The van der Waals surface area contributed by atoms with Crippen LogP contribution >= 0.6 is 0 Å². The van der Waals surface area contributed by atoms with Gasteiger partial charge in [0.2, 0.25) is 0 Å². The second-order valence-electron chi connectivity index (χ2n) is 5.47. The standard InChI is InChI=1S/C14H24N2O3/c1-2-19-13(17)11-6-5-9-16(10-11)14(18)15-12-7-3-4-8-12/h11-12H,2-10H2,1H3,(H,15,18)/t11-/m0/s1. The maximum Gasteiger partial charge on any atom is 0.317 e. The Morgan fingerprint density at radius 3 is 2.63 bits per heavy atom. The van der Waals surface area contributed by atoms with E-state index in [4.69, 9.17) is 4.74 Å². The number of carbonyl (C=O) groups excluding carboxylic acids is 2. The monoisotopic (exact) mass is 268 g/mol. The van der Waals surface area contributed by atoms with E-state index >= 15 is 0 Å². The SMILES string of the molecule is CCOC(=O)[C@H]1CCCN(C(=O)NC2CCCC2)C1. The number of esters is 1. The van der Waals surface area contributed by atoms with Crippen molar-refractivity contribution in [2.45, 2.75) is 51.5 Å². The van der Waals surface area contributed by atoms with Crippen molar-refractivity contribution in [1.82, 2.24) is 10.2 Å². The minimum Gasteiger partial charge on any atom is -0.466 e. The van der Waals surface area contributed by atoms with E-state index in [-0.39, 0.29) is 17.9 Å². The molecule has 0 bridgehead atoms. The first-order valence-electron chi connectivity index (χ1n) is 7.42. The molecule has 1 aliphatic carbocycles. The van der Waals surface area contributed by atoms with E-state index in [1.807, 2.05) is 6.92 Å². The molecule has 2 fully saturated rings. The van der Waals surface area contributed by atoms with Crippen LogP contribution in [0.2, 0.25) is 0 Å².